The second-order valence-electron chi connectivity index (χ2n) is 5.07. The number of hydrogen-bond donors (Lipinski definition) is 3. The predicted octanol–water partition coefficient (Wildman–Crippen LogP) is 0.804. The molecule has 3 N–H and O–H groups in total. The number of carbonyl (C=O) groups is 2. The van der Waals surface area contributed by atoms with E-state index in [2.05, 4.69) is 0 Å². The molecule has 1 heterocycles. The molecule has 0 aliphatic carbocycles. The highest BCUT2D eigenvalue weighted by molar-refractivity contribution is 5.87. The molecule has 1 fully saturated rings. The minimum absolute atomic E-state index is 0.0623. The minimum atomic E-state index is -5.13. The summed E-state index contributed by atoms with van der Waals surface area (Å²) >= 11 is 0. The summed E-state index contributed by atoms with van der Waals surface area (Å²) < 4.78 is 38.4. The van der Waals surface area contributed by atoms with Crippen LogP contribution in [0.15, 0.2) is 0 Å². The zero-order valence-electron chi connectivity index (χ0n) is 11.1. The van der Waals surface area contributed by atoms with E-state index in [-0.39, 0.29) is 19.1 Å². The van der Waals surface area contributed by atoms with Crippen LogP contribution in [0.3, 0.4) is 0 Å². The SMILES string of the molecule is CC1CCN(C(=O)NC(C)(C(=O)O)C(F)(F)F)C1CO. The Kier molecular flexibility index (Phi) is 4.52. The lowest BCUT2D eigenvalue weighted by Crippen LogP contribution is -2.64. The third-order valence-electron chi connectivity index (χ3n) is 3.68. The van der Waals surface area contributed by atoms with Crippen molar-refractivity contribution in [1.29, 1.82) is 0 Å². The topological polar surface area (TPSA) is 89.9 Å². The summed E-state index contributed by atoms with van der Waals surface area (Å²) in [6.45, 7) is 1.94. The number of carbonyl (C=O) groups excluding carboxylic acids is 1. The summed E-state index contributed by atoms with van der Waals surface area (Å²) in [5, 5.41) is 19.4. The fourth-order valence-electron chi connectivity index (χ4n) is 2.07. The molecule has 3 unspecified atom stereocenters. The molecule has 0 aromatic rings. The molecule has 0 spiro atoms. The van der Waals surface area contributed by atoms with Crippen LogP contribution >= 0.6 is 0 Å². The maximum Gasteiger partial charge on any atom is 0.422 e. The number of aliphatic hydroxyl groups is 1. The third kappa shape index (κ3) is 2.82. The molecule has 0 aromatic carbocycles. The lowest BCUT2D eigenvalue weighted by Gasteiger charge is -2.32. The van der Waals surface area contributed by atoms with E-state index in [9.17, 15) is 22.8 Å². The summed E-state index contributed by atoms with van der Waals surface area (Å²) in [6, 6.07) is -1.75. The molecule has 2 amide bonds. The summed E-state index contributed by atoms with van der Waals surface area (Å²) in [5.74, 6) is -2.25. The average Bonchev–Trinajstić information content (AvgIpc) is 2.68. The third-order valence-corrected chi connectivity index (χ3v) is 3.68. The van der Waals surface area contributed by atoms with Crippen LogP contribution in [-0.4, -0.2) is 58.0 Å². The second kappa shape index (κ2) is 5.47. The first kappa shape index (κ1) is 16.5. The number of aliphatic hydroxyl groups excluding tert-OH is 1. The van der Waals surface area contributed by atoms with E-state index < -0.39 is 29.8 Å². The average molecular weight is 298 g/mol. The molecular weight excluding hydrogens is 281 g/mol. The molecule has 1 saturated heterocycles. The van der Waals surface area contributed by atoms with Crippen molar-refractivity contribution in [1.82, 2.24) is 10.2 Å². The highest BCUT2D eigenvalue weighted by Crippen LogP contribution is 2.31. The Morgan fingerprint density at radius 2 is 1.95 bits per heavy atom. The number of likely N-dealkylation sites (tertiary alicyclic amines) is 1. The molecule has 9 heteroatoms. The Labute approximate surface area is 113 Å². The van der Waals surface area contributed by atoms with Crippen molar-refractivity contribution in [3.63, 3.8) is 0 Å². The molecular formula is C11H17F3N2O4. The largest absolute Gasteiger partial charge is 0.479 e. The van der Waals surface area contributed by atoms with Crippen LogP contribution in [0.25, 0.3) is 0 Å². The number of hydrogen-bond acceptors (Lipinski definition) is 3. The summed E-state index contributed by atoms with van der Waals surface area (Å²) in [4.78, 5) is 23.7. The number of nitrogens with zero attached hydrogens (tertiary/aromatic N) is 1. The van der Waals surface area contributed by atoms with E-state index in [0.717, 1.165) is 4.90 Å². The first-order valence-electron chi connectivity index (χ1n) is 6.04. The Balaban J connectivity index is 2.91. The van der Waals surface area contributed by atoms with Gasteiger partial charge < -0.3 is 20.4 Å². The van der Waals surface area contributed by atoms with E-state index in [1.54, 1.807) is 6.92 Å². The van der Waals surface area contributed by atoms with Gasteiger partial charge in [-0.2, -0.15) is 13.2 Å². The molecule has 0 radical (unpaired) electrons. The van der Waals surface area contributed by atoms with E-state index >= 15 is 0 Å². The monoisotopic (exact) mass is 298 g/mol. The van der Waals surface area contributed by atoms with Gasteiger partial charge in [0.1, 0.15) is 0 Å². The fraction of sp³-hybridized carbons (Fsp3) is 0.818. The van der Waals surface area contributed by atoms with Crippen LogP contribution in [0.4, 0.5) is 18.0 Å². The van der Waals surface area contributed by atoms with Gasteiger partial charge in [0.05, 0.1) is 12.6 Å². The number of carboxylic acids is 1. The molecule has 6 nitrogen and oxygen atoms in total. The molecule has 1 rings (SSSR count). The van der Waals surface area contributed by atoms with Crippen molar-refractivity contribution < 1.29 is 33.0 Å². The van der Waals surface area contributed by atoms with Gasteiger partial charge in [-0.15, -0.1) is 0 Å². The minimum Gasteiger partial charge on any atom is -0.479 e. The van der Waals surface area contributed by atoms with Crippen LogP contribution in [0, 0.1) is 5.92 Å². The maximum atomic E-state index is 12.8. The smallest absolute Gasteiger partial charge is 0.422 e. The first-order chi connectivity index (χ1) is 9.04. The second-order valence-corrected chi connectivity index (χ2v) is 5.07. The standard InChI is InChI=1S/C11H17F3N2O4/c1-6-3-4-16(7(6)5-17)9(20)15-10(2,8(18)19)11(12,13)14/h6-7,17H,3-5H2,1-2H3,(H,15,20)(H,18,19). The Morgan fingerprint density at radius 3 is 2.35 bits per heavy atom. The highest BCUT2D eigenvalue weighted by atomic mass is 19.4. The summed E-state index contributed by atoms with van der Waals surface area (Å²) in [7, 11) is 0. The molecule has 0 bridgehead atoms. The highest BCUT2D eigenvalue weighted by Gasteiger charge is 2.59. The predicted molar refractivity (Wildman–Crippen MR) is 62.0 cm³/mol. The van der Waals surface area contributed by atoms with Crippen molar-refractivity contribution in [2.24, 2.45) is 5.92 Å². The van der Waals surface area contributed by atoms with Crippen molar-refractivity contribution in [3.8, 4) is 0 Å². The van der Waals surface area contributed by atoms with Gasteiger partial charge in [0.2, 0.25) is 5.54 Å². The van der Waals surface area contributed by atoms with Gasteiger partial charge in [-0.25, -0.2) is 9.59 Å². The number of amides is 2. The van der Waals surface area contributed by atoms with Crippen molar-refractivity contribution in [2.45, 2.75) is 38.0 Å². The van der Waals surface area contributed by atoms with Crippen molar-refractivity contribution in [3.05, 3.63) is 0 Å². The molecule has 3 atom stereocenters. The fourth-order valence-corrected chi connectivity index (χ4v) is 2.07. The number of halogens is 3. The summed E-state index contributed by atoms with van der Waals surface area (Å²) in [5.41, 5.74) is -3.37. The molecule has 1 aliphatic heterocycles. The quantitative estimate of drug-likeness (QED) is 0.719. The number of carboxylic acid groups (broad SMARTS) is 1. The van der Waals surface area contributed by atoms with E-state index in [1.807, 2.05) is 0 Å². The van der Waals surface area contributed by atoms with Crippen molar-refractivity contribution >= 4 is 12.0 Å². The van der Waals surface area contributed by atoms with Gasteiger partial charge in [-0.1, -0.05) is 6.92 Å². The molecule has 20 heavy (non-hydrogen) atoms. The summed E-state index contributed by atoms with van der Waals surface area (Å²) in [6.07, 6.45) is -4.59. The molecule has 116 valence electrons. The Bertz CT molecular complexity index is 402. The lowest BCUT2D eigenvalue weighted by atomic mass is 10.0. The zero-order chi connectivity index (χ0) is 15.7. The van der Waals surface area contributed by atoms with E-state index in [0.29, 0.717) is 13.3 Å². The maximum absolute atomic E-state index is 12.8. The Hall–Kier alpha value is -1.51. The normalized spacial score (nSPS) is 26.2. The van der Waals surface area contributed by atoms with Gasteiger partial charge in [0, 0.05) is 6.54 Å². The molecule has 0 saturated carbocycles. The van der Waals surface area contributed by atoms with E-state index in [4.69, 9.17) is 10.2 Å². The number of alkyl halides is 3. The van der Waals surface area contributed by atoms with Gasteiger partial charge >= 0.3 is 18.2 Å². The van der Waals surface area contributed by atoms with Gasteiger partial charge in [-0.05, 0) is 19.3 Å². The zero-order valence-corrected chi connectivity index (χ0v) is 11.1. The molecule has 1 aliphatic rings. The van der Waals surface area contributed by atoms with Crippen LogP contribution in [0.5, 0.6) is 0 Å². The van der Waals surface area contributed by atoms with Crippen LogP contribution in [-0.2, 0) is 4.79 Å². The number of urea groups is 1. The number of rotatable bonds is 3. The first-order valence-corrected chi connectivity index (χ1v) is 6.04. The van der Waals surface area contributed by atoms with Crippen molar-refractivity contribution in [2.75, 3.05) is 13.2 Å². The van der Waals surface area contributed by atoms with Gasteiger partial charge in [0.15, 0.2) is 0 Å². The number of aliphatic carboxylic acids is 1. The lowest BCUT2D eigenvalue weighted by molar-refractivity contribution is -0.203. The molecule has 0 aromatic heterocycles. The number of nitrogens with one attached hydrogen (secondary N) is 1. The Morgan fingerprint density at radius 1 is 1.40 bits per heavy atom. The van der Waals surface area contributed by atoms with Gasteiger partial charge in [0.25, 0.3) is 0 Å². The van der Waals surface area contributed by atoms with Gasteiger partial charge in [-0.3, -0.25) is 0 Å². The van der Waals surface area contributed by atoms with Crippen LogP contribution in [0.2, 0.25) is 0 Å². The van der Waals surface area contributed by atoms with Crippen LogP contribution < -0.4 is 5.32 Å². The van der Waals surface area contributed by atoms with E-state index in [1.165, 1.54) is 5.32 Å². The van der Waals surface area contributed by atoms with Crippen LogP contribution in [0.1, 0.15) is 20.3 Å².